The van der Waals surface area contributed by atoms with Gasteiger partial charge in [-0.05, 0) is 66.9 Å². The molecule has 1 aromatic rings. The normalized spacial score (nSPS) is 34.0. The molecule has 2 fully saturated rings. The molecule has 1 heterocycles. The van der Waals surface area contributed by atoms with Gasteiger partial charge in [0.1, 0.15) is 5.76 Å². The molecule has 7 nitrogen and oxygen atoms in total. The van der Waals surface area contributed by atoms with E-state index in [9.17, 15) is 15.0 Å². The lowest BCUT2D eigenvalue weighted by Gasteiger charge is -2.59. The molecule has 2 unspecified atom stereocenters. The Morgan fingerprint density at radius 2 is 2.03 bits per heavy atom. The van der Waals surface area contributed by atoms with Gasteiger partial charge in [0.15, 0.2) is 5.96 Å². The molecule has 5 atom stereocenters. The van der Waals surface area contributed by atoms with Gasteiger partial charge in [-0.3, -0.25) is 5.41 Å². The summed E-state index contributed by atoms with van der Waals surface area (Å²) in [6.45, 7) is 8.51. The van der Waals surface area contributed by atoms with Gasteiger partial charge in [-0.15, -0.1) is 0 Å². The first-order valence-corrected chi connectivity index (χ1v) is 12.1. The molecular formula is C28H35N3O4. The number of cyclic esters (lactones) is 1. The highest BCUT2D eigenvalue weighted by Gasteiger charge is 2.57. The summed E-state index contributed by atoms with van der Waals surface area (Å²) in [7, 11) is 0. The first-order valence-electron chi connectivity index (χ1n) is 12.1. The zero-order valence-electron chi connectivity index (χ0n) is 20.4. The van der Waals surface area contributed by atoms with Crippen LogP contribution in [0.3, 0.4) is 0 Å². The lowest BCUT2D eigenvalue weighted by atomic mass is 9.46. The molecule has 0 spiro atoms. The van der Waals surface area contributed by atoms with Gasteiger partial charge >= 0.3 is 5.97 Å². The van der Waals surface area contributed by atoms with Crippen LogP contribution in [-0.2, 0) is 9.53 Å². The lowest BCUT2D eigenvalue weighted by molar-refractivity contribution is -0.145. The van der Waals surface area contributed by atoms with E-state index in [1.165, 1.54) is 0 Å². The van der Waals surface area contributed by atoms with Crippen molar-refractivity contribution < 1.29 is 19.7 Å². The minimum Gasteiger partial charge on any atom is -0.423 e. The molecular weight excluding hydrogens is 442 g/mol. The minimum absolute atomic E-state index is 0.0441. The number of esters is 1. The van der Waals surface area contributed by atoms with E-state index >= 15 is 0 Å². The van der Waals surface area contributed by atoms with Gasteiger partial charge in [0.2, 0.25) is 0 Å². The summed E-state index contributed by atoms with van der Waals surface area (Å²) in [5.41, 5.74) is 7.80. The highest BCUT2D eigenvalue weighted by Crippen LogP contribution is 2.61. The van der Waals surface area contributed by atoms with Crippen molar-refractivity contribution in [2.24, 2.45) is 28.4 Å². The molecule has 0 aromatic heterocycles. The predicted octanol–water partition coefficient (Wildman–Crippen LogP) is 4.11. The van der Waals surface area contributed by atoms with Crippen LogP contribution in [0, 0.1) is 28.1 Å². The van der Waals surface area contributed by atoms with E-state index in [4.69, 9.17) is 15.9 Å². The second-order valence-corrected chi connectivity index (χ2v) is 10.5. The van der Waals surface area contributed by atoms with Crippen LogP contribution in [0.4, 0.5) is 5.69 Å². The summed E-state index contributed by atoms with van der Waals surface area (Å²) in [6.07, 6.45) is 10.1. The molecule has 2 saturated carbocycles. The molecule has 186 valence electrons. The quantitative estimate of drug-likeness (QED) is 0.188. The van der Waals surface area contributed by atoms with Crippen molar-refractivity contribution in [1.29, 1.82) is 5.41 Å². The number of carbonyl (C=O) groups excluding carboxylic acids is 1. The Morgan fingerprint density at radius 3 is 2.69 bits per heavy atom. The monoisotopic (exact) mass is 477 g/mol. The average molecular weight is 478 g/mol. The average Bonchev–Trinajstić information content (AvgIpc) is 3.15. The zero-order valence-corrected chi connectivity index (χ0v) is 20.4. The number of allylic oxidation sites excluding steroid dienone is 3. The molecule has 0 amide bonds. The fraction of sp³-hybridized carbons (Fsp3) is 0.429. The van der Waals surface area contributed by atoms with E-state index in [-0.39, 0.29) is 29.8 Å². The van der Waals surface area contributed by atoms with Crippen LogP contribution in [0.1, 0.15) is 45.1 Å². The third kappa shape index (κ3) is 4.70. The third-order valence-electron chi connectivity index (χ3n) is 8.27. The molecule has 7 heteroatoms. The fourth-order valence-electron chi connectivity index (χ4n) is 6.27. The second kappa shape index (κ2) is 9.47. The lowest BCUT2D eigenvalue weighted by Crippen LogP contribution is -2.57. The van der Waals surface area contributed by atoms with Crippen LogP contribution in [0.25, 0.3) is 6.08 Å². The first-order chi connectivity index (χ1) is 16.6. The van der Waals surface area contributed by atoms with E-state index in [1.807, 2.05) is 25.1 Å². The molecule has 3 aliphatic rings. The van der Waals surface area contributed by atoms with Crippen molar-refractivity contribution in [3.05, 3.63) is 71.5 Å². The Kier molecular flexibility index (Phi) is 6.75. The van der Waals surface area contributed by atoms with E-state index in [0.29, 0.717) is 23.4 Å². The minimum atomic E-state index is -0.545. The van der Waals surface area contributed by atoms with Gasteiger partial charge in [-0.2, -0.15) is 0 Å². The molecule has 0 bridgehead atoms. The van der Waals surface area contributed by atoms with Crippen molar-refractivity contribution >= 4 is 23.7 Å². The van der Waals surface area contributed by atoms with Gasteiger partial charge in [0, 0.05) is 17.0 Å². The molecule has 1 aliphatic heterocycles. The number of anilines is 1. The number of ether oxygens (including phenoxy) is 1. The van der Waals surface area contributed by atoms with Crippen LogP contribution in [0.15, 0.2) is 66.0 Å². The highest BCUT2D eigenvalue weighted by molar-refractivity contribution is 5.96. The van der Waals surface area contributed by atoms with E-state index < -0.39 is 17.5 Å². The van der Waals surface area contributed by atoms with Crippen molar-refractivity contribution in [2.75, 3.05) is 11.9 Å². The summed E-state index contributed by atoms with van der Waals surface area (Å²) in [5.74, 6) is 0.130. The Morgan fingerprint density at radius 1 is 1.31 bits per heavy atom. The number of fused-ring (bicyclic) bond motifs is 1. The number of guanidine groups is 1. The number of carbonyl (C=O) groups is 1. The summed E-state index contributed by atoms with van der Waals surface area (Å²) in [6, 6.07) is 7.27. The Labute approximate surface area is 206 Å². The van der Waals surface area contributed by atoms with Crippen LogP contribution in [-0.4, -0.2) is 34.9 Å². The number of rotatable bonds is 5. The SMILES string of the molecule is C=C1CCC2[C@](C)(CC[C@@H](O)[C@@]2(C)CO)C1/C=C/C1=CC(=C\c2ccc(NC(=N)N)cc2)/OC1=O. The highest BCUT2D eigenvalue weighted by atomic mass is 16.5. The maximum atomic E-state index is 12.5. The van der Waals surface area contributed by atoms with E-state index in [2.05, 4.69) is 24.9 Å². The largest absolute Gasteiger partial charge is 0.423 e. The summed E-state index contributed by atoms with van der Waals surface area (Å²) >= 11 is 0. The molecule has 6 N–H and O–H groups in total. The maximum Gasteiger partial charge on any atom is 0.343 e. The molecule has 35 heavy (non-hydrogen) atoms. The standard InChI is InChI=1S/C28H35N3O4/c1-17-4-11-23-27(2,13-12-24(33)28(23,3)16-32)22(17)10-7-19-15-21(35-25(19)34)14-18-5-8-20(9-6-18)31-26(29)30/h5-10,14-15,22-24,32-33H,1,4,11-13,16H2,2-3H3,(H4,29,30,31)/b10-7+,21-14+/t22?,23?,24-,27-,28+/m1/s1. The fourth-order valence-corrected chi connectivity index (χ4v) is 6.27. The van der Waals surface area contributed by atoms with E-state index in [0.717, 1.165) is 30.4 Å². The second-order valence-electron chi connectivity index (χ2n) is 10.5. The Hall–Kier alpha value is -3.16. The van der Waals surface area contributed by atoms with E-state index in [1.54, 1.807) is 24.3 Å². The Bertz CT molecular complexity index is 1120. The van der Waals surface area contributed by atoms with Gasteiger partial charge < -0.3 is 26.0 Å². The maximum absolute atomic E-state index is 12.5. The van der Waals surface area contributed by atoms with Gasteiger partial charge in [-0.25, -0.2) is 4.79 Å². The van der Waals surface area contributed by atoms with Crippen molar-refractivity contribution in [2.45, 2.75) is 45.6 Å². The molecule has 4 rings (SSSR count). The van der Waals surface area contributed by atoms with Gasteiger partial charge in [-0.1, -0.05) is 50.3 Å². The van der Waals surface area contributed by atoms with Gasteiger partial charge in [0.05, 0.1) is 18.3 Å². The Balaban J connectivity index is 1.55. The summed E-state index contributed by atoms with van der Waals surface area (Å²) < 4.78 is 5.46. The van der Waals surface area contributed by atoms with Crippen LogP contribution in [0.5, 0.6) is 0 Å². The van der Waals surface area contributed by atoms with Crippen LogP contribution >= 0.6 is 0 Å². The molecule has 0 saturated heterocycles. The number of aliphatic hydroxyl groups is 2. The number of nitrogens with two attached hydrogens (primary N) is 1. The summed E-state index contributed by atoms with van der Waals surface area (Å²) in [5, 5.41) is 30.9. The number of aliphatic hydroxyl groups excluding tert-OH is 2. The van der Waals surface area contributed by atoms with Crippen molar-refractivity contribution in [1.82, 2.24) is 0 Å². The zero-order chi connectivity index (χ0) is 25.4. The number of hydrogen-bond donors (Lipinski definition) is 5. The third-order valence-corrected chi connectivity index (χ3v) is 8.27. The topological polar surface area (TPSA) is 129 Å². The molecule has 2 aliphatic carbocycles. The first kappa shape index (κ1) is 24.9. The smallest absolute Gasteiger partial charge is 0.343 e. The van der Waals surface area contributed by atoms with Gasteiger partial charge in [0.25, 0.3) is 0 Å². The molecule has 0 radical (unpaired) electrons. The summed E-state index contributed by atoms with van der Waals surface area (Å²) in [4.78, 5) is 12.5. The van der Waals surface area contributed by atoms with Crippen molar-refractivity contribution in [3.8, 4) is 0 Å². The van der Waals surface area contributed by atoms with Crippen LogP contribution < -0.4 is 11.1 Å². The number of benzene rings is 1. The molecule has 1 aromatic carbocycles. The van der Waals surface area contributed by atoms with Crippen LogP contribution in [0.2, 0.25) is 0 Å². The predicted molar refractivity (Wildman–Crippen MR) is 137 cm³/mol. The number of hydrogen-bond acceptors (Lipinski definition) is 5. The van der Waals surface area contributed by atoms with Crippen molar-refractivity contribution in [3.63, 3.8) is 0 Å². The number of nitrogens with one attached hydrogen (secondary N) is 2.